The molecule has 0 aromatic heterocycles. The van der Waals surface area contributed by atoms with E-state index in [1.165, 1.54) is 27.5 Å². The van der Waals surface area contributed by atoms with Gasteiger partial charge in [-0.05, 0) is 48.3 Å². The Morgan fingerprint density at radius 2 is 1.87 bits per heavy atom. The van der Waals surface area contributed by atoms with Gasteiger partial charge in [-0.3, -0.25) is 4.99 Å². The maximum absolute atomic E-state index is 4.85. The van der Waals surface area contributed by atoms with E-state index in [9.17, 15) is 0 Å². The van der Waals surface area contributed by atoms with Crippen molar-refractivity contribution in [1.82, 2.24) is 0 Å². The number of benzene rings is 2. The fraction of sp³-hybridized carbons (Fsp3) is 0.227. The normalized spacial score (nSPS) is 30.1. The van der Waals surface area contributed by atoms with E-state index >= 15 is 0 Å². The number of hydrogen-bond donors (Lipinski definition) is 0. The van der Waals surface area contributed by atoms with Gasteiger partial charge in [0.25, 0.3) is 0 Å². The lowest BCUT2D eigenvalue weighted by Gasteiger charge is -2.28. The summed E-state index contributed by atoms with van der Waals surface area (Å²) in [5.74, 6) is 0.442. The van der Waals surface area contributed by atoms with Crippen LogP contribution >= 0.6 is 0 Å². The summed E-state index contributed by atoms with van der Waals surface area (Å²) in [4.78, 5) is 4.85. The lowest BCUT2D eigenvalue weighted by molar-refractivity contribution is 0.445. The van der Waals surface area contributed by atoms with Gasteiger partial charge >= 0.3 is 0 Å². The van der Waals surface area contributed by atoms with E-state index in [1.54, 1.807) is 0 Å². The number of hydrogen-bond acceptors (Lipinski definition) is 1. The fourth-order valence-electron chi connectivity index (χ4n) is 3.96. The van der Waals surface area contributed by atoms with Crippen molar-refractivity contribution in [3.8, 4) is 0 Å². The summed E-state index contributed by atoms with van der Waals surface area (Å²) in [5.41, 5.74) is 4.04. The van der Waals surface area contributed by atoms with Crippen LogP contribution in [-0.4, -0.2) is 11.8 Å². The van der Waals surface area contributed by atoms with Gasteiger partial charge in [-0.25, -0.2) is 0 Å². The Kier molecular flexibility index (Phi) is 3.30. The van der Waals surface area contributed by atoms with E-state index in [-0.39, 0.29) is 5.54 Å². The second kappa shape index (κ2) is 5.34. The van der Waals surface area contributed by atoms with Gasteiger partial charge in [0.05, 0.1) is 5.54 Å². The highest BCUT2D eigenvalue weighted by Gasteiger charge is 2.39. The van der Waals surface area contributed by atoms with E-state index in [2.05, 4.69) is 74.5 Å². The van der Waals surface area contributed by atoms with Crippen LogP contribution in [0, 0.1) is 5.92 Å². The smallest absolute Gasteiger partial charge is 0.0833 e. The zero-order valence-electron chi connectivity index (χ0n) is 13.7. The van der Waals surface area contributed by atoms with Crippen LogP contribution in [0.4, 0.5) is 0 Å². The zero-order valence-corrected chi connectivity index (χ0v) is 13.7. The molecule has 0 saturated heterocycles. The maximum Gasteiger partial charge on any atom is 0.0833 e. The van der Waals surface area contributed by atoms with Gasteiger partial charge in [0.2, 0.25) is 0 Å². The first-order valence-electron chi connectivity index (χ1n) is 8.26. The van der Waals surface area contributed by atoms with E-state index < -0.39 is 0 Å². The van der Waals surface area contributed by atoms with Gasteiger partial charge in [-0.1, -0.05) is 66.3 Å². The molecule has 0 radical (unpaired) electrons. The molecule has 0 spiro atoms. The van der Waals surface area contributed by atoms with E-state index in [1.807, 2.05) is 12.3 Å². The monoisotopic (exact) mass is 299 g/mol. The third-order valence-corrected chi connectivity index (χ3v) is 5.19. The minimum atomic E-state index is -0.141. The minimum absolute atomic E-state index is 0.141. The first kappa shape index (κ1) is 14.2. The zero-order chi connectivity index (χ0) is 15.9. The molecule has 2 unspecified atom stereocenters. The van der Waals surface area contributed by atoms with E-state index in [0.29, 0.717) is 5.92 Å². The summed E-state index contributed by atoms with van der Waals surface area (Å²) in [6, 6.07) is 15.2. The van der Waals surface area contributed by atoms with Crippen molar-refractivity contribution in [2.24, 2.45) is 10.9 Å². The molecule has 0 fully saturated rings. The lowest BCUT2D eigenvalue weighted by atomic mass is 9.83. The van der Waals surface area contributed by atoms with Gasteiger partial charge in [0.15, 0.2) is 0 Å². The molecule has 2 aliphatic rings. The molecule has 0 saturated carbocycles. The van der Waals surface area contributed by atoms with Crippen molar-refractivity contribution >= 4 is 22.6 Å². The van der Waals surface area contributed by atoms with Crippen LogP contribution in [0.25, 0.3) is 16.3 Å². The van der Waals surface area contributed by atoms with Crippen LogP contribution in [-0.2, 0) is 0 Å². The topological polar surface area (TPSA) is 12.4 Å². The molecule has 114 valence electrons. The quantitative estimate of drug-likeness (QED) is 0.651. The Labute approximate surface area is 137 Å². The molecule has 2 atom stereocenters. The average Bonchev–Trinajstić information content (AvgIpc) is 2.90. The molecule has 0 bridgehead atoms. The molecule has 2 aromatic rings. The lowest BCUT2D eigenvalue weighted by Crippen LogP contribution is -2.28. The van der Waals surface area contributed by atoms with Gasteiger partial charge in [0.1, 0.15) is 0 Å². The minimum Gasteiger partial charge on any atom is -0.282 e. The van der Waals surface area contributed by atoms with E-state index in [4.69, 9.17) is 4.99 Å². The fourth-order valence-corrected chi connectivity index (χ4v) is 3.96. The Bertz CT molecular complexity index is 876. The number of nitrogens with zero attached hydrogens (tertiary/aromatic N) is 1. The van der Waals surface area contributed by atoms with Crippen LogP contribution < -0.4 is 0 Å². The van der Waals surface area contributed by atoms with Crippen molar-refractivity contribution in [2.75, 3.05) is 0 Å². The highest BCUT2D eigenvalue weighted by molar-refractivity contribution is 5.94. The standard InChI is InChI=1S/C22H21N/c1-16-8-5-6-13-23-22(2)15-18(14-21(16)22)20-12-7-10-17-9-3-4-11-19(17)20/h3-13,15,21H,14H2,1-2H3/b6-5-,16-8+,23-13?. The molecule has 1 aliphatic heterocycles. The molecule has 1 nitrogen and oxygen atoms in total. The summed E-state index contributed by atoms with van der Waals surface area (Å²) >= 11 is 0. The molecule has 2 aromatic carbocycles. The van der Waals surface area contributed by atoms with Crippen molar-refractivity contribution in [3.05, 3.63) is 77.9 Å². The van der Waals surface area contributed by atoms with Crippen molar-refractivity contribution in [2.45, 2.75) is 25.8 Å². The predicted molar refractivity (Wildman–Crippen MR) is 99.8 cm³/mol. The highest BCUT2D eigenvalue weighted by atomic mass is 14.9. The molecular formula is C22H21N. The number of fused-ring (bicyclic) bond motifs is 2. The Morgan fingerprint density at radius 1 is 1.04 bits per heavy atom. The van der Waals surface area contributed by atoms with E-state index in [0.717, 1.165) is 6.42 Å². The van der Waals surface area contributed by atoms with Gasteiger partial charge in [0, 0.05) is 12.1 Å². The summed E-state index contributed by atoms with van der Waals surface area (Å²) in [6.45, 7) is 4.48. The van der Waals surface area contributed by atoms with Crippen molar-refractivity contribution in [3.63, 3.8) is 0 Å². The second-order valence-corrected chi connectivity index (χ2v) is 6.75. The highest BCUT2D eigenvalue weighted by Crippen LogP contribution is 2.46. The first-order valence-corrected chi connectivity index (χ1v) is 8.26. The first-order chi connectivity index (χ1) is 11.2. The molecule has 23 heavy (non-hydrogen) atoms. The van der Waals surface area contributed by atoms with Crippen LogP contribution in [0.3, 0.4) is 0 Å². The molecular weight excluding hydrogens is 278 g/mol. The molecule has 4 rings (SSSR count). The van der Waals surface area contributed by atoms with Crippen molar-refractivity contribution < 1.29 is 0 Å². The van der Waals surface area contributed by atoms with Crippen LogP contribution in [0.15, 0.2) is 77.3 Å². The number of rotatable bonds is 1. The molecule has 1 heterocycles. The molecule has 0 N–H and O–H groups in total. The summed E-state index contributed by atoms with van der Waals surface area (Å²) in [6.07, 6.45) is 11.7. The third-order valence-electron chi connectivity index (χ3n) is 5.19. The summed E-state index contributed by atoms with van der Waals surface area (Å²) < 4.78 is 0. The third kappa shape index (κ3) is 2.37. The molecule has 1 aliphatic carbocycles. The second-order valence-electron chi connectivity index (χ2n) is 6.75. The van der Waals surface area contributed by atoms with Gasteiger partial charge in [-0.15, -0.1) is 0 Å². The SMILES string of the molecule is C/C1=C\C=C/C=NC2(C)C=C(c3cccc4ccccc34)CC12. The van der Waals surface area contributed by atoms with Gasteiger partial charge < -0.3 is 0 Å². The largest absolute Gasteiger partial charge is 0.282 e. The van der Waals surface area contributed by atoms with Crippen LogP contribution in [0.1, 0.15) is 25.8 Å². The average molecular weight is 299 g/mol. The molecule has 0 amide bonds. The molecule has 1 heteroatoms. The Hall–Kier alpha value is -2.41. The van der Waals surface area contributed by atoms with Gasteiger partial charge in [-0.2, -0.15) is 0 Å². The number of allylic oxidation sites excluding steroid dienone is 4. The predicted octanol–water partition coefficient (Wildman–Crippen LogP) is 5.59. The van der Waals surface area contributed by atoms with Crippen LogP contribution in [0.2, 0.25) is 0 Å². The maximum atomic E-state index is 4.85. The summed E-state index contributed by atoms with van der Waals surface area (Å²) in [7, 11) is 0. The Morgan fingerprint density at radius 3 is 2.78 bits per heavy atom. The van der Waals surface area contributed by atoms with Crippen LogP contribution in [0.5, 0.6) is 0 Å². The number of aliphatic imine (C=N–C) groups is 1. The summed E-state index contributed by atoms with van der Waals surface area (Å²) in [5, 5.41) is 2.64. The van der Waals surface area contributed by atoms with Crippen molar-refractivity contribution in [1.29, 1.82) is 0 Å². The Balaban J connectivity index is 1.85.